The number of fused-ring (bicyclic) bond motifs is 1. The van der Waals surface area contributed by atoms with Crippen molar-refractivity contribution >= 4 is 28.8 Å². The minimum absolute atomic E-state index is 0.0485. The first-order valence-corrected chi connectivity index (χ1v) is 11.6. The van der Waals surface area contributed by atoms with E-state index in [2.05, 4.69) is 18.2 Å². The number of carboxylic acid groups (broad SMARTS) is 1. The molecule has 0 fully saturated rings. The van der Waals surface area contributed by atoms with E-state index in [9.17, 15) is 19.5 Å². The van der Waals surface area contributed by atoms with Crippen molar-refractivity contribution < 1.29 is 19.5 Å². The number of nitrogens with zero attached hydrogens (tertiary/aromatic N) is 1. The van der Waals surface area contributed by atoms with Crippen LogP contribution in [0.2, 0.25) is 0 Å². The molecule has 164 valence electrons. The van der Waals surface area contributed by atoms with Gasteiger partial charge in [-0.25, -0.2) is 4.79 Å². The SMILES string of the molecule is CC(=O)SCC(Cc1ccc2c(c1)CCC2)C(=O)N(Cc1ccccc1)[C@@H](C)C(=O)O. The molecule has 0 aromatic heterocycles. The lowest BCUT2D eigenvalue weighted by atomic mass is 9.96. The third kappa shape index (κ3) is 6.20. The fourth-order valence-electron chi connectivity index (χ4n) is 4.03. The van der Waals surface area contributed by atoms with Crippen LogP contribution in [0, 0.1) is 5.92 Å². The molecular formula is C25H29NO4S. The summed E-state index contributed by atoms with van der Waals surface area (Å²) in [6.07, 6.45) is 3.80. The molecule has 0 aliphatic heterocycles. The zero-order valence-corrected chi connectivity index (χ0v) is 18.9. The minimum Gasteiger partial charge on any atom is -0.480 e. The normalized spacial score (nSPS) is 14.5. The Kier molecular flexibility index (Phi) is 7.91. The zero-order valence-electron chi connectivity index (χ0n) is 18.0. The van der Waals surface area contributed by atoms with Crippen LogP contribution in [0.4, 0.5) is 0 Å². The molecule has 6 heteroatoms. The summed E-state index contributed by atoms with van der Waals surface area (Å²) in [5, 5.41) is 9.57. The van der Waals surface area contributed by atoms with Crippen LogP contribution in [0.25, 0.3) is 0 Å². The van der Waals surface area contributed by atoms with Crippen molar-refractivity contribution in [3.8, 4) is 0 Å². The number of aryl methyl sites for hydroxylation is 2. The summed E-state index contributed by atoms with van der Waals surface area (Å²) < 4.78 is 0. The van der Waals surface area contributed by atoms with E-state index in [1.165, 1.54) is 29.9 Å². The molecule has 0 saturated heterocycles. The summed E-state index contributed by atoms with van der Waals surface area (Å²) in [4.78, 5) is 38.4. The molecule has 1 unspecified atom stereocenters. The molecule has 0 heterocycles. The minimum atomic E-state index is -1.04. The molecule has 0 saturated carbocycles. The molecule has 1 amide bonds. The lowest BCUT2D eigenvalue weighted by Gasteiger charge is -2.30. The van der Waals surface area contributed by atoms with E-state index in [0.717, 1.165) is 42.2 Å². The van der Waals surface area contributed by atoms with Crippen LogP contribution in [0.15, 0.2) is 48.5 Å². The molecule has 31 heavy (non-hydrogen) atoms. The standard InChI is InChI=1S/C25H29NO4S/c1-17(25(29)30)26(15-19-7-4-3-5-8-19)24(28)23(16-31-18(2)27)14-20-11-12-21-9-6-10-22(21)13-20/h3-5,7-8,11-13,17,23H,6,9-10,14-16H2,1-2H3,(H,29,30)/t17-,23?/m0/s1. The largest absolute Gasteiger partial charge is 0.480 e. The lowest BCUT2D eigenvalue weighted by molar-refractivity contribution is -0.151. The quantitative estimate of drug-likeness (QED) is 0.636. The van der Waals surface area contributed by atoms with E-state index in [1.807, 2.05) is 30.3 Å². The third-order valence-corrected chi connectivity index (χ3v) is 6.76. The number of carbonyl (C=O) groups excluding carboxylic acids is 2. The summed E-state index contributed by atoms with van der Waals surface area (Å²) in [6.45, 7) is 3.25. The average Bonchev–Trinajstić information content (AvgIpc) is 3.22. The fraction of sp³-hybridized carbons (Fsp3) is 0.400. The maximum absolute atomic E-state index is 13.6. The van der Waals surface area contributed by atoms with Gasteiger partial charge in [-0.1, -0.05) is 60.3 Å². The van der Waals surface area contributed by atoms with Gasteiger partial charge in [0.15, 0.2) is 5.12 Å². The predicted octanol–water partition coefficient (Wildman–Crippen LogP) is 4.12. The predicted molar refractivity (Wildman–Crippen MR) is 123 cm³/mol. The Bertz CT molecular complexity index is 944. The highest BCUT2D eigenvalue weighted by atomic mass is 32.2. The average molecular weight is 440 g/mol. The van der Waals surface area contributed by atoms with Crippen molar-refractivity contribution in [2.24, 2.45) is 5.92 Å². The van der Waals surface area contributed by atoms with Gasteiger partial charge in [0.25, 0.3) is 0 Å². The molecule has 2 atom stereocenters. The van der Waals surface area contributed by atoms with Gasteiger partial charge in [0.2, 0.25) is 5.91 Å². The number of rotatable bonds is 9. The second-order valence-electron chi connectivity index (χ2n) is 8.13. The third-order valence-electron chi connectivity index (χ3n) is 5.79. The molecule has 1 N–H and O–H groups in total. The van der Waals surface area contributed by atoms with Gasteiger partial charge in [0, 0.05) is 19.2 Å². The molecule has 1 aliphatic rings. The van der Waals surface area contributed by atoms with Gasteiger partial charge in [0.05, 0.1) is 5.92 Å². The van der Waals surface area contributed by atoms with Gasteiger partial charge in [-0.05, 0) is 54.9 Å². The number of thioether (sulfide) groups is 1. The fourth-order valence-corrected chi connectivity index (χ4v) is 4.72. The van der Waals surface area contributed by atoms with Gasteiger partial charge >= 0.3 is 5.97 Å². The van der Waals surface area contributed by atoms with Crippen LogP contribution < -0.4 is 0 Å². The summed E-state index contributed by atoms with van der Waals surface area (Å²) in [5.41, 5.74) is 4.64. The first kappa shape index (κ1) is 23.1. The Hall–Kier alpha value is -2.60. The second-order valence-corrected chi connectivity index (χ2v) is 9.32. The van der Waals surface area contributed by atoms with Crippen molar-refractivity contribution in [2.45, 2.75) is 52.1 Å². The van der Waals surface area contributed by atoms with Gasteiger partial charge in [0.1, 0.15) is 6.04 Å². The van der Waals surface area contributed by atoms with Gasteiger partial charge in [-0.3, -0.25) is 9.59 Å². The van der Waals surface area contributed by atoms with Crippen LogP contribution in [0.3, 0.4) is 0 Å². The van der Waals surface area contributed by atoms with E-state index >= 15 is 0 Å². The summed E-state index contributed by atoms with van der Waals surface area (Å²) in [7, 11) is 0. The maximum atomic E-state index is 13.6. The number of hydrogen-bond donors (Lipinski definition) is 1. The highest BCUT2D eigenvalue weighted by Gasteiger charge is 2.31. The second kappa shape index (κ2) is 10.6. The number of aliphatic carboxylic acids is 1. The zero-order chi connectivity index (χ0) is 22.4. The topological polar surface area (TPSA) is 74.7 Å². The van der Waals surface area contributed by atoms with Crippen molar-refractivity contribution in [2.75, 3.05) is 5.75 Å². The summed E-state index contributed by atoms with van der Waals surface area (Å²) in [5.74, 6) is -1.41. The van der Waals surface area contributed by atoms with Crippen molar-refractivity contribution in [3.63, 3.8) is 0 Å². The van der Waals surface area contributed by atoms with Crippen LogP contribution in [-0.2, 0) is 40.2 Å². The number of carboxylic acids is 1. The molecule has 2 aromatic carbocycles. The maximum Gasteiger partial charge on any atom is 0.326 e. The molecule has 2 aromatic rings. The molecular weight excluding hydrogens is 410 g/mol. The molecule has 0 bridgehead atoms. The molecule has 0 radical (unpaired) electrons. The van der Waals surface area contributed by atoms with Crippen LogP contribution in [-0.4, -0.2) is 38.8 Å². The Morgan fingerprint density at radius 2 is 1.74 bits per heavy atom. The Balaban J connectivity index is 1.85. The first-order chi connectivity index (χ1) is 14.8. The highest BCUT2D eigenvalue weighted by Crippen LogP contribution is 2.26. The monoisotopic (exact) mass is 439 g/mol. The van der Waals surface area contributed by atoms with Gasteiger partial charge < -0.3 is 10.0 Å². The Morgan fingerprint density at radius 1 is 1.03 bits per heavy atom. The van der Waals surface area contributed by atoms with Crippen molar-refractivity contribution in [1.29, 1.82) is 0 Å². The van der Waals surface area contributed by atoms with Crippen molar-refractivity contribution in [3.05, 3.63) is 70.8 Å². The number of hydrogen-bond acceptors (Lipinski definition) is 4. The van der Waals surface area contributed by atoms with E-state index in [-0.39, 0.29) is 17.6 Å². The first-order valence-electron chi connectivity index (χ1n) is 10.7. The van der Waals surface area contributed by atoms with Crippen LogP contribution in [0.1, 0.15) is 42.5 Å². The van der Waals surface area contributed by atoms with Crippen LogP contribution >= 0.6 is 11.8 Å². The van der Waals surface area contributed by atoms with E-state index in [0.29, 0.717) is 12.2 Å². The molecule has 1 aliphatic carbocycles. The number of carbonyl (C=O) groups is 3. The van der Waals surface area contributed by atoms with Gasteiger partial charge in [-0.2, -0.15) is 0 Å². The van der Waals surface area contributed by atoms with Crippen LogP contribution in [0.5, 0.6) is 0 Å². The van der Waals surface area contributed by atoms with E-state index in [1.54, 1.807) is 0 Å². The van der Waals surface area contributed by atoms with E-state index in [4.69, 9.17) is 0 Å². The molecule has 3 rings (SSSR count). The lowest BCUT2D eigenvalue weighted by Crippen LogP contribution is -2.46. The van der Waals surface area contributed by atoms with Crippen molar-refractivity contribution in [1.82, 2.24) is 4.90 Å². The number of amides is 1. The Labute approximate surface area is 187 Å². The Morgan fingerprint density at radius 3 is 2.42 bits per heavy atom. The highest BCUT2D eigenvalue weighted by molar-refractivity contribution is 8.13. The molecule has 0 spiro atoms. The van der Waals surface area contributed by atoms with Gasteiger partial charge in [-0.15, -0.1) is 0 Å². The molecule has 5 nitrogen and oxygen atoms in total. The smallest absolute Gasteiger partial charge is 0.326 e. The van der Waals surface area contributed by atoms with E-state index < -0.39 is 17.9 Å². The summed E-state index contributed by atoms with van der Waals surface area (Å²) >= 11 is 1.12. The summed E-state index contributed by atoms with van der Waals surface area (Å²) in [6, 6.07) is 14.8. The number of benzene rings is 2.